The van der Waals surface area contributed by atoms with Crippen LogP contribution in [0.3, 0.4) is 0 Å². The molecule has 2 rings (SSSR count). The Bertz CT molecular complexity index is 609. The molecule has 19 heavy (non-hydrogen) atoms. The maximum atomic E-state index is 5.94. The average molecular weight is 250 g/mol. The molecule has 3 nitrogen and oxygen atoms in total. The molecule has 0 aromatic heterocycles. The predicted molar refractivity (Wildman–Crippen MR) is 78.7 cm³/mol. The van der Waals surface area contributed by atoms with Crippen molar-refractivity contribution in [3.63, 3.8) is 0 Å². The Balaban J connectivity index is 2.13. The number of benzene rings is 2. The van der Waals surface area contributed by atoms with Crippen LogP contribution in [0.4, 0.5) is 5.69 Å². The van der Waals surface area contributed by atoms with Gasteiger partial charge in [0.25, 0.3) is 0 Å². The molecular formula is C16H14N2O. The van der Waals surface area contributed by atoms with Gasteiger partial charge < -0.3 is 10.6 Å². The van der Waals surface area contributed by atoms with Crippen molar-refractivity contribution >= 4 is 11.9 Å². The smallest absolute Gasteiger partial charge is 0.177 e. The molecule has 2 aromatic rings. The van der Waals surface area contributed by atoms with Crippen molar-refractivity contribution in [2.75, 3.05) is 12.3 Å². The molecule has 3 heteroatoms. The van der Waals surface area contributed by atoms with Crippen LogP contribution >= 0.6 is 0 Å². The number of para-hydroxylation sites is 1. The SMILES string of the molecule is C#CCO/N=C\c1ccc(-c2ccccc2N)cc1. The van der Waals surface area contributed by atoms with Gasteiger partial charge in [0, 0.05) is 11.3 Å². The third-order valence-electron chi connectivity index (χ3n) is 2.61. The fourth-order valence-electron chi connectivity index (χ4n) is 1.68. The first-order chi connectivity index (χ1) is 9.31. The molecular weight excluding hydrogens is 236 g/mol. The summed E-state index contributed by atoms with van der Waals surface area (Å²) in [6.45, 7) is 0.176. The Morgan fingerprint density at radius 1 is 1.16 bits per heavy atom. The van der Waals surface area contributed by atoms with Crippen molar-refractivity contribution < 1.29 is 4.84 Å². The van der Waals surface area contributed by atoms with E-state index >= 15 is 0 Å². The fraction of sp³-hybridized carbons (Fsp3) is 0.0625. The number of rotatable bonds is 4. The van der Waals surface area contributed by atoms with Gasteiger partial charge in [-0.15, -0.1) is 6.42 Å². The van der Waals surface area contributed by atoms with Crippen molar-refractivity contribution in [1.82, 2.24) is 0 Å². The van der Waals surface area contributed by atoms with Crippen molar-refractivity contribution in [3.05, 3.63) is 54.1 Å². The van der Waals surface area contributed by atoms with E-state index in [-0.39, 0.29) is 6.61 Å². The minimum Gasteiger partial charge on any atom is -0.398 e. The highest BCUT2D eigenvalue weighted by molar-refractivity contribution is 5.82. The number of oxime groups is 1. The van der Waals surface area contributed by atoms with Gasteiger partial charge in [0.05, 0.1) is 6.21 Å². The molecule has 94 valence electrons. The summed E-state index contributed by atoms with van der Waals surface area (Å²) in [4.78, 5) is 4.83. The van der Waals surface area contributed by atoms with E-state index in [1.54, 1.807) is 6.21 Å². The lowest BCUT2D eigenvalue weighted by atomic mass is 10.0. The summed E-state index contributed by atoms with van der Waals surface area (Å²) in [5.41, 5.74) is 9.74. The Morgan fingerprint density at radius 2 is 1.89 bits per heavy atom. The lowest BCUT2D eigenvalue weighted by molar-refractivity contribution is 0.181. The quantitative estimate of drug-likeness (QED) is 0.298. The number of nitrogen functional groups attached to an aromatic ring is 1. The number of terminal acetylenes is 1. The molecule has 0 saturated carbocycles. The molecule has 0 fully saturated rings. The standard InChI is InChI=1S/C16H14N2O/c1-2-11-19-18-12-13-7-9-14(10-8-13)15-5-3-4-6-16(15)17/h1,3-10,12H,11,17H2/b18-12-. The van der Waals surface area contributed by atoms with Crippen LogP contribution in [0, 0.1) is 12.3 Å². The van der Waals surface area contributed by atoms with Crippen LogP contribution in [-0.2, 0) is 4.84 Å². The van der Waals surface area contributed by atoms with Gasteiger partial charge in [-0.25, -0.2) is 0 Å². The topological polar surface area (TPSA) is 47.6 Å². The van der Waals surface area contributed by atoms with E-state index in [4.69, 9.17) is 17.0 Å². The van der Waals surface area contributed by atoms with E-state index in [2.05, 4.69) is 11.1 Å². The van der Waals surface area contributed by atoms with Gasteiger partial charge in [-0.05, 0) is 17.2 Å². The zero-order valence-electron chi connectivity index (χ0n) is 10.4. The maximum absolute atomic E-state index is 5.94. The maximum Gasteiger partial charge on any atom is 0.177 e. The largest absolute Gasteiger partial charge is 0.398 e. The minimum atomic E-state index is 0.176. The molecule has 2 aromatic carbocycles. The summed E-state index contributed by atoms with van der Waals surface area (Å²) < 4.78 is 0. The molecule has 0 saturated heterocycles. The highest BCUT2D eigenvalue weighted by atomic mass is 16.6. The summed E-state index contributed by atoms with van der Waals surface area (Å²) in [5, 5.41) is 3.76. The Morgan fingerprint density at radius 3 is 2.58 bits per heavy atom. The number of nitrogens with zero attached hydrogens (tertiary/aromatic N) is 1. The summed E-state index contributed by atoms with van der Waals surface area (Å²) in [5.74, 6) is 2.34. The molecule has 0 aliphatic heterocycles. The van der Waals surface area contributed by atoms with Gasteiger partial charge in [-0.3, -0.25) is 0 Å². The monoisotopic (exact) mass is 250 g/mol. The van der Waals surface area contributed by atoms with Crippen molar-refractivity contribution in [2.45, 2.75) is 0 Å². The Hall–Kier alpha value is -2.73. The van der Waals surface area contributed by atoms with Gasteiger partial charge in [-0.1, -0.05) is 53.5 Å². The van der Waals surface area contributed by atoms with Crippen LogP contribution in [0.5, 0.6) is 0 Å². The zero-order chi connectivity index (χ0) is 13.5. The van der Waals surface area contributed by atoms with E-state index in [1.165, 1.54) is 0 Å². The number of anilines is 1. The molecule has 0 heterocycles. The van der Waals surface area contributed by atoms with Crippen LogP contribution in [-0.4, -0.2) is 12.8 Å². The van der Waals surface area contributed by atoms with Gasteiger partial charge in [-0.2, -0.15) is 0 Å². The van der Waals surface area contributed by atoms with Crippen LogP contribution < -0.4 is 5.73 Å². The minimum absolute atomic E-state index is 0.176. The van der Waals surface area contributed by atoms with Gasteiger partial charge in [0.1, 0.15) is 0 Å². The first-order valence-corrected chi connectivity index (χ1v) is 5.85. The molecule has 2 N–H and O–H groups in total. The van der Waals surface area contributed by atoms with E-state index in [0.29, 0.717) is 0 Å². The molecule has 0 atom stereocenters. The first kappa shape index (κ1) is 12.7. The molecule has 0 radical (unpaired) electrons. The van der Waals surface area contributed by atoms with Crippen molar-refractivity contribution in [2.24, 2.45) is 5.16 Å². The Labute approximate surface area is 112 Å². The van der Waals surface area contributed by atoms with Crippen molar-refractivity contribution in [1.29, 1.82) is 0 Å². The first-order valence-electron chi connectivity index (χ1n) is 5.85. The summed E-state index contributed by atoms with van der Waals surface area (Å²) in [7, 11) is 0. The highest BCUT2D eigenvalue weighted by Crippen LogP contribution is 2.25. The van der Waals surface area contributed by atoms with Gasteiger partial charge >= 0.3 is 0 Å². The second-order valence-corrected chi connectivity index (χ2v) is 3.92. The Kier molecular flexibility index (Phi) is 4.20. The predicted octanol–water partition coefficient (Wildman–Crippen LogP) is 2.92. The van der Waals surface area contributed by atoms with Gasteiger partial charge in [0.15, 0.2) is 6.61 Å². The molecule has 0 amide bonds. The van der Waals surface area contributed by atoms with E-state index in [9.17, 15) is 0 Å². The van der Waals surface area contributed by atoms with E-state index < -0.39 is 0 Å². The highest BCUT2D eigenvalue weighted by Gasteiger charge is 2.00. The van der Waals surface area contributed by atoms with Crippen LogP contribution in [0.1, 0.15) is 5.56 Å². The fourth-order valence-corrected chi connectivity index (χ4v) is 1.68. The number of hydrogen-bond donors (Lipinski definition) is 1. The third kappa shape index (κ3) is 3.36. The molecule has 0 unspecified atom stereocenters. The second-order valence-electron chi connectivity index (χ2n) is 3.92. The van der Waals surface area contributed by atoms with Gasteiger partial charge in [0.2, 0.25) is 0 Å². The molecule has 0 spiro atoms. The number of hydrogen-bond acceptors (Lipinski definition) is 3. The molecule has 0 aliphatic carbocycles. The normalized spacial score (nSPS) is 10.3. The number of nitrogens with two attached hydrogens (primary N) is 1. The molecule has 0 aliphatic rings. The molecule has 0 bridgehead atoms. The lowest BCUT2D eigenvalue weighted by Crippen LogP contribution is -1.90. The average Bonchev–Trinajstić information content (AvgIpc) is 2.45. The summed E-state index contributed by atoms with van der Waals surface area (Å²) >= 11 is 0. The summed E-state index contributed by atoms with van der Waals surface area (Å²) in [6, 6.07) is 15.7. The lowest BCUT2D eigenvalue weighted by Gasteiger charge is -2.05. The zero-order valence-corrected chi connectivity index (χ0v) is 10.4. The van der Waals surface area contributed by atoms with E-state index in [0.717, 1.165) is 22.4 Å². The van der Waals surface area contributed by atoms with E-state index in [1.807, 2.05) is 48.5 Å². The van der Waals surface area contributed by atoms with Crippen LogP contribution in [0.15, 0.2) is 53.7 Å². The summed E-state index contributed by atoms with van der Waals surface area (Å²) in [6.07, 6.45) is 6.67. The third-order valence-corrected chi connectivity index (χ3v) is 2.61. The second kappa shape index (κ2) is 6.27. The van der Waals surface area contributed by atoms with Crippen LogP contribution in [0.2, 0.25) is 0 Å². The van der Waals surface area contributed by atoms with Crippen LogP contribution in [0.25, 0.3) is 11.1 Å². The van der Waals surface area contributed by atoms with Crippen molar-refractivity contribution in [3.8, 4) is 23.5 Å².